The number of amides is 2. The van der Waals surface area contributed by atoms with Gasteiger partial charge in [0.25, 0.3) is 11.8 Å². The molecule has 1 atom stereocenters. The molecule has 3 heterocycles. The Kier molecular flexibility index (Phi) is 7.99. The lowest BCUT2D eigenvalue weighted by Gasteiger charge is -2.30. The zero-order valence-electron chi connectivity index (χ0n) is 19.7. The molecule has 1 aliphatic heterocycles. The molecule has 10 heteroatoms. The highest BCUT2D eigenvalue weighted by Crippen LogP contribution is 2.25. The van der Waals surface area contributed by atoms with Gasteiger partial charge in [0.15, 0.2) is 11.8 Å². The Morgan fingerprint density at radius 3 is 2.86 bits per heavy atom. The van der Waals surface area contributed by atoms with Crippen LogP contribution in [0.2, 0.25) is 5.02 Å². The van der Waals surface area contributed by atoms with Crippen LogP contribution in [0.15, 0.2) is 48.8 Å². The molecule has 1 N–H and O–H groups in total. The standard InChI is InChI=1S/C25H28ClN5O4/c1-17(35-20-7-3-6-19(26)13-20)25(33)30-10-8-22-21(16-30)23(29-31(22)11-12-34-2)24(32)28-15-18-5-4-9-27-14-18/h3-7,9,13-14,17H,8,10-12,15-16H2,1-2H3,(H,28,32)/t17-/m0/s1. The van der Waals surface area contributed by atoms with E-state index in [1.165, 1.54) is 0 Å². The fraction of sp³-hybridized carbons (Fsp3) is 0.360. The number of halogens is 1. The van der Waals surface area contributed by atoms with Crippen molar-refractivity contribution in [3.63, 3.8) is 0 Å². The molecule has 2 amide bonds. The van der Waals surface area contributed by atoms with E-state index in [-0.39, 0.29) is 18.4 Å². The number of carbonyl (C=O) groups is 2. The largest absolute Gasteiger partial charge is 0.481 e. The number of fused-ring (bicyclic) bond motifs is 1. The van der Waals surface area contributed by atoms with Crippen LogP contribution in [0.1, 0.15) is 34.2 Å². The first-order valence-corrected chi connectivity index (χ1v) is 11.8. The van der Waals surface area contributed by atoms with Crippen LogP contribution in [0.5, 0.6) is 5.75 Å². The van der Waals surface area contributed by atoms with Crippen molar-refractivity contribution in [3.8, 4) is 5.75 Å². The number of ether oxygens (including phenoxy) is 2. The second kappa shape index (κ2) is 11.3. The van der Waals surface area contributed by atoms with Crippen LogP contribution < -0.4 is 10.1 Å². The van der Waals surface area contributed by atoms with Crippen LogP contribution >= 0.6 is 11.6 Å². The van der Waals surface area contributed by atoms with Gasteiger partial charge < -0.3 is 19.7 Å². The maximum atomic E-state index is 13.2. The molecule has 0 radical (unpaired) electrons. The van der Waals surface area contributed by atoms with E-state index in [1.54, 1.807) is 55.6 Å². The molecule has 3 aromatic rings. The number of aromatic nitrogens is 3. The third-order valence-electron chi connectivity index (χ3n) is 5.80. The van der Waals surface area contributed by atoms with Crippen LogP contribution in [-0.2, 0) is 35.6 Å². The molecule has 0 saturated heterocycles. The monoisotopic (exact) mass is 497 g/mol. The van der Waals surface area contributed by atoms with Gasteiger partial charge in [0.05, 0.1) is 13.2 Å². The maximum absolute atomic E-state index is 13.2. The summed E-state index contributed by atoms with van der Waals surface area (Å²) in [5.41, 5.74) is 2.90. The van der Waals surface area contributed by atoms with Gasteiger partial charge in [-0.05, 0) is 36.8 Å². The molecule has 9 nitrogen and oxygen atoms in total. The fourth-order valence-electron chi connectivity index (χ4n) is 4.04. The summed E-state index contributed by atoms with van der Waals surface area (Å²) in [6.45, 7) is 3.82. The molecule has 1 aromatic carbocycles. The number of hydrogen-bond donors (Lipinski definition) is 1. The van der Waals surface area contributed by atoms with Crippen molar-refractivity contribution < 1.29 is 19.1 Å². The lowest BCUT2D eigenvalue weighted by molar-refractivity contribution is -0.138. The summed E-state index contributed by atoms with van der Waals surface area (Å²) >= 11 is 6.03. The Morgan fingerprint density at radius 2 is 2.11 bits per heavy atom. The molecule has 0 aliphatic carbocycles. The molecule has 0 unspecified atom stereocenters. The van der Waals surface area contributed by atoms with E-state index in [0.29, 0.717) is 49.1 Å². The van der Waals surface area contributed by atoms with Gasteiger partial charge in [-0.3, -0.25) is 19.3 Å². The quantitative estimate of drug-likeness (QED) is 0.488. The second-order valence-corrected chi connectivity index (χ2v) is 8.70. The summed E-state index contributed by atoms with van der Waals surface area (Å²) in [7, 11) is 1.62. The molecule has 35 heavy (non-hydrogen) atoms. The summed E-state index contributed by atoms with van der Waals surface area (Å²) in [5.74, 6) is 0.0692. The van der Waals surface area contributed by atoms with Crippen molar-refractivity contribution >= 4 is 23.4 Å². The number of nitrogens with one attached hydrogen (secondary N) is 1. The van der Waals surface area contributed by atoms with Gasteiger partial charge in [0.2, 0.25) is 0 Å². The molecule has 0 spiro atoms. The van der Waals surface area contributed by atoms with E-state index < -0.39 is 6.10 Å². The van der Waals surface area contributed by atoms with E-state index >= 15 is 0 Å². The highest BCUT2D eigenvalue weighted by Gasteiger charge is 2.32. The smallest absolute Gasteiger partial charge is 0.272 e. The van der Waals surface area contributed by atoms with Crippen molar-refractivity contribution in [1.29, 1.82) is 0 Å². The van der Waals surface area contributed by atoms with E-state index in [4.69, 9.17) is 21.1 Å². The minimum absolute atomic E-state index is 0.165. The maximum Gasteiger partial charge on any atom is 0.272 e. The van der Waals surface area contributed by atoms with Crippen LogP contribution in [0.3, 0.4) is 0 Å². The Labute approximate surface area is 209 Å². The number of pyridine rings is 1. The van der Waals surface area contributed by atoms with E-state index in [0.717, 1.165) is 16.8 Å². The summed E-state index contributed by atoms with van der Waals surface area (Å²) in [6.07, 6.45) is 3.26. The van der Waals surface area contributed by atoms with Crippen LogP contribution in [0.4, 0.5) is 0 Å². The average molecular weight is 498 g/mol. The van der Waals surface area contributed by atoms with E-state index in [1.807, 2.05) is 16.8 Å². The van der Waals surface area contributed by atoms with Crippen molar-refractivity contribution in [2.45, 2.75) is 39.1 Å². The van der Waals surface area contributed by atoms with Gasteiger partial charge in [-0.15, -0.1) is 0 Å². The van der Waals surface area contributed by atoms with Crippen LogP contribution in [0.25, 0.3) is 0 Å². The lowest BCUT2D eigenvalue weighted by atomic mass is 10.0. The van der Waals surface area contributed by atoms with Gasteiger partial charge in [-0.2, -0.15) is 5.10 Å². The Morgan fingerprint density at radius 1 is 1.26 bits per heavy atom. The third kappa shape index (κ3) is 5.98. The SMILES string of the molecule is COCCn1nc(C(=O)NCc2cccnc2)c2c1CCN(C(=O)[C@H](C)Oc1cccc(Cl)c1)C2. The van der Waals surface area contributed by atoms with Crippen molar-refractivity contribution in [1.82, 2.24) is 25.0 Å². The first-order valence-electron chi connectivity index (χ1n) is 11.4. The molecule has 0 bridgehead atoms. The molecular weight excluding hydrogens is 470 g/mol. The van der Waals surface area contributed by atoms with Crippen LogP contribution in [-0.4, -0.2) is 57.8 Å². The Bertz CT molecular complexity index is 1180. The van der Waals surface area contributed by atoms with Gasteiger partial charge >= 0.3 is 0 Å². The van der Waals surface area contributed by atoms with Gasteiger partial charge in [0, 0.05) is 61.8 Å². The topological polar surface area (TPSA) is 98.6 Å². The van der Waals surface area contributed by atoms with Gasteiger partial charge in [0.1, 0.15) is 5.75 Å². The predicted octanol–water partition coefficient (Wildman–Crippen LogP) is 2.86. The fourth-order valence-corrected chi connectivity index (χ4v) is 4.23. The molecule has 2 aromatic heterocycles. The predicted molar refractivity (Wildman–Crippen MR) is 130 cm³/mol. The third-order valence-corrected chi connectivity index (χ3v) is 6.04. The molecule has 4 rings (SSSR count). The van der Waals surface area contributed by atoms with Crippen molar-refractivity contribution in [2.24, 2.45) is 0 Å². The molecule has 0 fully saturated rings. The van der Waals surface area contributed by atoms with E-state index in [2.05, 4.69) is 15.4 Å². The second-order valence-electron chi connectivity index (χ2n) is 8.26. The van der Waals surface area contributed by atoms with Gasteiger partial charge in [-0.25, -0.2) is 0 Å². The lowest BCUT2D eigenvalue weighted by Crippen LogP contribution is -2.43. The minimum atomic E-state index is -0.707. The zero-order chi connectivity index (χ0) is 24.8. The molecule has 184 valence electrons. The number of carbonyl (C=O) groups excluding carboxylic acids is 2. The summed E-state index contributed by atoms with van der Waals surface area (Å²) < 4.78 is 12.8. The first-order chi connectivity index (χ1) is 17.0. The first kappa shape index (κ1) is 24.7. The average Bonchev–Trinajstić information content (AvgIpc) is 3.24. The summed E-state index contributed by atoms with van der Waals surface area (Å²) in [5, 5.41) is 8.03. The Hall–Kier alpha value is -3.43. The molecule has 1 aliphatic rings. The van der Waals surface area contributed by atoms with Crippen molar-refractivity contribution in [2.75, 3.05) is 20.3 Å². The number of nitrogens with zero attached hydrogens (tertiary/aromatic N) is 4. The highest BCUT2D eigenvalue weighted by molar-refractivity contribution is 6.30. The zero-order valence-corrected chi connectivity index (χ0v) is 20.5. The van der Waals surface area contributed by atoms with Crippen molar-refractivity contribution in [3.05, 3.63) is 76.3 Å². The highest BCUT2D eigenvalue weighted by atomic mass is 35.5. The number of hydrogen-bond acceptors (Lipinski definition) is 6. The Balaban J connectivity index is 1.50. The van der Waals surface area contributed by atoms with Gasteiger partial charge in [-0.1, -0.05) is 23.7 Å². The van der Waals surface area contributed by atoms with E-state index in [9.17, 15) is 9.59 Å². The summed E-state index contributed by atoms with van der Waals surface area (Å²) in [4.78, 5) is 32.0. The molecule has 0 saturated carbocycles. The summed E-state index contributed by atoms with van der Waals surface area (Å²) in [6, 6.07) is 10.7. The number of methoxy groups -OCH3 is 1. The number of rotatable bonds is 9. The minimum Gasteiger partial charge on any atom is -0.481 e. The normalized spacial score (nSPS) is 13.7. The van der Waals surface area contributed by atoms with Crippen LogP contribution in [0, 0.1) is 0 Å². The number of benzene rings is 1. The molecular formula is C25H28ClN5O4.